The van der Waals surface area contributed by atoms with Gasteiger partial charge in [0.2, 0.25) is 0 Å². The first-order valence-electron chi connectivity index (χ1n) is 11.0. The summed E-state index contributed by atoms with van der Waals surface area (Å²) in [5, 5.41) is 6.82. The van der Waals surface area contributed by atoms with Gasteiger partial charge in [-0.15, -0.1) is 0 Å². The fourth-order valence-electron chi connectivity index (χ4n) is 4.03. The molecule has 0 bridgehead atoms. The highest BCUT2D eigenvalue weighted by Gasteiger charge is 2.40. The van der Waals surface area contributed by atoms with Gasteiger partial charge in [0.1, 0.15) is 0 Å². The van der Waals surface area contributed by atoms with E-state index in [1.807, 2.05) is 18.2 Å². The molecule has 10 heteroatoms. The number of alkyl halides is 3. The number of rotatable bonds is 7. The van der Waals surface area contributed by atoms with Crippen LogP contribution < -0.4 is 10.2 Å². The van der Waals surface area contributed by atoms with Crippen molar-refractivity contribution in [2.24, 2.45) is 0 Å². The van der Waals surface area contributed by atoms with Crippen LogP contribution in [0.3, 0.4) is 0 Å². The third-order valence-electron chi connectivity index (χ3n) is 5.78. The van der Waals surface area contributed by atoms with E-state index in [2.05, 4.69) is 32.3 Å². The molecular weight excluding hydrogens is 467 g/mol. The molecule has 34 heavy (non-hydrogen) atoms. The minimum absolute atomic E-state index is 0.172. The molecule has 1 saturated heterocycles. The lowest BCUT2D eigenvalue weighted by molar-refractivity contribution is -0.143. The van der Waals surface area contributed by atoms with Crippen LogP contribution in [0.25, 0.3) is 5.69 Å². The number of halogens is 4. The molecule has 0 unspecified atom stereocenters. The topological polar surface area (TPSA) is 53.4 Å². The normalized spacial score (nSPS) is 14.9. The number of anilines is 1. The number of amides is 1. The van der Waals surface area contributed by atoms with Crippen molar-refractivity contribution in [2.45, 2.75) is 12.6 Å². The van der Waals surface area contributed by atoms with Gasteiger partial charge < -0.3 is 10.2 Å². The highest BCUT2D eigenvalue weighted by molar-refractivity contribution is 6.30. The largest absolute Gasteiger partial charge is 0.434 e. The molecule has 180 valence electrons. The number of piperazine rings is 1. The van der Waals surface area contributed by atoms with Gasteiger partial charge in [-0.3, -0.25) is 9.69 Å². The van der Waals surface area contributed by atoms with E-state index < -0.39 is 23.3 Å². The van der Waals surface area contributed by atoms with E-state index in [1.165, 1.54) is 30.0 Å². The molecule has 4 rings (SSSR count). The average molecular weight is 492 g/mol. The Balaban J connectivity index is 1.30. The maximum atomic E-state index is 13.8. The van der Waals surface area contributed by atoms with Crippen LogP contribution in [-0.4, -0.2) is 59.9 Å². The zero-order chi connectivity index (χ0) is 24.1. The first-order chi connectivity index (χ1) is 16.3. The van der Waals surface area contributed by atoms with Crippen molar-refractivity contribution in [1.82, 2.24) is 20.0 Å². The predicted molar refractivity (Wildman–Crippen MR) is 126 cm³/mol. The van der Waals surface area contributed by atoms with E-state index in [0.717, 1.165) is 43.6 Å². The molecule has 0 saturated carbocycles. The molecule has 2 aromatic carbocycles. The van der Waals surface area contributed by atoms with Crippen molar-refractivity contribution >= 4 is 23.2 Å². The van der Waals surface area contributed by atoms with Gasteiger partial charge in [0.15, 0.2) is 5.69 Å². The van der Waals surface area contributed by atoms with E-state index in [9.17, 15) is 18.0 Å². The van der Waals surface area contributed by atoms with Crippen LogP contribution in [0.4, 0.5) is 18.9 Å². The van der Waals surface area contributed by atoms with E-state index >= 15 is 0 Å². The minimum Gasteiger partial charge on any atom is -0.369 e. The van der Waals surface area contributed by atoms with E-state index in [4.69, 9.17) is 11.6 Å². The summed E-state index contributed by atoms with van der Waals surface area (Å²) in [5.74, 6) is -0.790. The molecule has 0 radical (unpaired) electrons. The number of carbonyl (C=O) groups excluding carboxylic acids is 1. The number of aromatic nitrogens is 2. The molecular formula is C24H25ClF3N5O. The highest BCUT2D eigenvalue weighted by atomic mass is 35.5. The zero-order valence-electron chi connectivity index (χ0n) is 18.4. The molecule has 0 aliphatic carbocycles. The van der Waals surface area contributed by atoms with Crippen LogP contribution in [-0.2, 0) is 6.18 Å². The van der Waals surface area contributed by atoms with Crippen LogP contribution in [0, 0.1) is 0 Å². The minimum atomic E-state index is -4.75. The van der Waals surface area contributed by atoms with E-state index in [0.29, 0.717) is 11.4 Å². The third-order valence-corrected chi connectivity index (χ3v) is 6.04. The molecule has 2 heterocycles. The summed E-state index contributed by atoms with van der Waals surface area (Å²) in [6.45, 7) is 4.66. The van der Waals surface area contributed by atoms with Crippen LogP contribution in [0.5, 0.6) is 0 Å². The number of hydrogen-bond donors (Lipinski definition) is 1. The standard InChI is InChI=1S/C24H25ClF3N5O/c25-18-7-9-20(10-8-18)33-22(24(26,27)28)21(17-30-33)23(34)29-11-4-12-31-13-15-32(16-14-31)19-5-2-1-3-6-19/h1-3,5-10,17H,4,11-16H2,(H,29,34). The first kappa shape index (κ1) is 24.1. The Labute approximate surface area is 200 Å². The Morgan fingerprint density at radius 1 is 0.971 bits per heavy atom. The van der Waals surface area contributed by atoms with Crippen molar-refractivity contribution in [3.05, 3.63) is 77.1 Å². The van der Waals surface area contributed by atoms with Crippen molar-refractivity contribution < 1.29 is 18.0 Å². The van der Waals surface area contributed by atoms with Crippen molar-refractivity contribution in [3.8, 4) is 5.69 Å². The summed E-state index contributed by atoms with van der Waals surface area (Å²) in [7, 11) is 0. The predicted octanol–water partition coefficient (Wildman–Crippen LogP) is 4.49. The van der Waals surface area contributed by atoms with Gasteiger partial charge in [-0.2, -0.15) is 18.3 Å². The first-order valence-corrected chi connectivity index (χ1v) is 11.4. The van der Waals surface area contributed by atoms with Gasteiger partial charge in [0.05, 0.1) is 17.4 Å². The Kier molecular flexibility index (Phi) is 7.43. The summed E-state index contributed by atoms with van der Waals surface area (Å²) in [6.07, 6.45) is -3.15. The van der Waals surface area contributed by atoms with Gasteiger partial charge >= 0.3 is 6.18 Å². The number of para-hydroxylation sites is 1. The molecule has 1 aromatic heterocycles. The van der Waals surface area contributed by atoms with E-state index in [1.54, 1.807) is 0 Å². The number of benzene rings is 2. The monoisotopic (exact) mass is 491 g/mol. The quantitative estimate of drug-likeness (QED) is 0.495. The van der Waals surface area contributed by atoms with Crippen molar-refractivity contribution in [2.75, 3.05) is 44.2 Å². The van der Waals surface area contributed by atoms with Crippen LogP contribution in [0.1, 0.15) is 22.5 Å². The molecule has 6 nitrogen and oxygen atoms in total. The summed E-state index contributed by atoms with van der Waals surface area (Å²) in [6, 6.07) is 16.0. The Hall–Kier alpha value is -3.04. The molecule has 1 fully saturated rings. The van der Waals surface area contributed by atoms with Crippen LogP contribution in [0.2, 0.25) is 5.02 Å². The van der Waals surface area contributed by atoms with Gasteiger partial charge in [0, 0.05) is 43.4 Å². The van der Waals surface area contributed by atoms with Gasteiger partial charge in [0.25, 0.3) is 5.91 Å². The van der Waals surface area contributed by atoms with Gasteiger partial charge in [-0.25, -0.2) is 4.68 Å². The van der Waals surface area contributed by atoms with Crippen LogP contribution >= 0.6 is 11.6 Å². The summed E-state index contributed by atoms with van der Waals surface area (Å²) < 4.78 is 42.0. The SMILES string of the molecule is O=C(NCCCN1CCN(c2ccccc2)CC1)c1cnn(-c2ccc(Cl)cc2)c1C(F)(F)F. The number of nitrogens with zero attached hydrogens (tertiary/aromatic N) is 4. The summed E-state index contributed by atoms with van der Waals surface area (Å²) >= 11 is 5.82. The smallest absolute Gasteiger partial charge is 0.369 e. The maximum Gasteiger partial charge on any atom is 0.434 e. The molecule has 1 aliphatic rings. The third kappa shape index (κ3) is 5.71. The fraction of sp³-hybridized carbons (Fsp3) is 0.333. The van der Waals surface area contributed by atoms with Crippen molar-refractivity contribution in [3.63, 3.8) is 0 Å². The Morgan fingerprint density at radius 3 is 2.29 bits per heavy atom. The lowest BCUT2D eigenvalue weighted by Crippen LogP contribution is -2.47. The highest BCUT2D eigenvalue weighted by Crippen LogP contribution is 2.33. The molecule has 3 aromatic rings. The molecule has 0 spiro atoms. The maximum absolute atomic E-state index is 13.8. The molecule has 1 aliphatic heterocycles. The van der Waals surface area contributed by atoms with E-state index in [-0.39, 0.29) is 12.2 Å². The Morgan fingerprint density at radius 2 is 1.65 bits per heavy atom. The number of carbonyl (C=O) groups is 1. The van der Waals surface area contributed by atoms with Gasteiger partial charge in [-0.05, 0) is 49.4 Å². The molecule has 0 atom stereocenters. The second-order valence-electron chi connectivity index (χ2n) is 8.07. The number of hydrogen-bond acceptors (Lipinski definition) is 4. The second kappa shape index (κ2) is 10.5. The zero-order valence-corrected chi connectivity index (χ0v) is 19.2. The number of nitrogens with one attached hydrogen (secondary N) is 1. The van der Waals surface area contributed by atoms with Crippen molar-refractivity contribution in [1.29, 1.82) is 0 Å². The molecule has 1 N–H and O–H groups in total. The van der Waals surface area contributed by atoms with Gasteiger partial charge in [-0.1, -0.05) is 29.8 Å². The van der Waals surface area contributed by atoms with Crippen LogP contribution in [0.15, 0.2) is 60.8 Å². The summed E-state index contributed by atoms with van der Waals surface area (Å²) in [5.41, 5.74) is -0.234. The fourth-order valence-corrected chi connectivity index (χ4v) is 4.16. The summed E-state index contributed by atoms with van der Waals surface area (Å²) in [4.78, 5) is 17.2. The second-order valence-corrected chi connectivity index (χ2v) is 8.50. The average Bonchev–Trinajstić information content (AvgIpc) is 3.29. The lowest BCUT2D eigenvalue weighted by atomic mass is 10.2. The molecule has 1 amide bonds. The Bertz CT molecular complexity index is 1090. The lowest BCUT2D eigenvalue weighted by Gasteiger charge is -2.36.